The van der Waals surface area contributed by atoms with Crippen LogP contribution in [0.2, 0.25) is 0 Å². The van der Waals surface area contributed by atoms with Crippen LogP contribution in [0.1, 0.15) is 123 Å². The summed E-state index contributed by atoms with van der Waals surface area (Å²) in [6.45, 7) is 1.61. The van der Waals surface area contributed by atoms with E-state index in [1.54, 1.807) is 0 Å². The van der Waals surface area contributed by atoms with E-state index in [4.69, 9.17) is 33.5 Å². The Balaban J connectivity index is 1.86. The minimum absolute atomic E-state index is 0.245. The smallest absolute Gasteiger partial charge is 0.332 e. The number of aliphatic hydroxyl groups excluding tert-OH is 8. The normalized spacial score (nSPS) is 29.7. The number of hydrogen-bond acceptors (Lipinski definition) is 17. The number of ether oxygens (including phenoxy) is 6. The minimum Gasteiger partial charge on any atom is -0.479 e. The van der Waals surface area contributed by atoms with Crippen molar-refractivity contribution in [1.29, 1.82) is 0 Å². The highest BCUT2D eigenvalue weighted by Gasteiger charge is 2.52. The monoisotopic (exact) mass is 812 g/mol. The lowest BCUT2D eigenvalue weighted by Gasteiger charge is -2.46. The Morgan fingerprint density at radius 2 is 1.21 bits per heavy atom. The molecule has 0 amide bonds. The van der Waals surface area contributed by atoms with Crippen LogP contribution in [0.3, 0.4) is 0 Å². The number of esters is 2. The van der Waals surface area contributed by atoms with Crippen LogP contribution in [0.15, 0.2) is 0 Å². The summed E-state index contributed by atoms with van der Waals surface area (Å²) in [7, 11) is 0. The van der Waals surface area contributed by atoms with Crippen LogP contribution in [0, 0.1) is 0 Å². The van der Waals surface area contributed by atoms with Gasteiger partial charge in [-0.05, 0) is 19.3 Å². The van der Waals surface area contributed by atoms with E-state index in [-0.39, 0.29) is 13.0 Å². The number of carbonyl (C=O) groups excluding carboxylic acids is 2. The fraction of sp³-hybridized carbons (Fsp3) is 0.921. The summed E-state index contributed by atoms with van der Waals surface area (Å²) >= 11 is 0. The molecule has 2 saturated heterocycles. The predicted octanol–water partition coefficient (Wildman–Crippen LogP) is 0.568. The number of aliphatic hydroxyl groups is 8. The first-order chi connectivity index (χ1) is 26.7. The van der Waals surface area contributed by atoms with E-state index in [9.17, 15) is 55.2 Å². The first-order valence-corrected chi connectivity index (χ1v) is 20.2. The highest BCUT2D eigenvalue weighted by Crippen LogP contribution is 2.31. The van der Waals surface area contributed by atoms with E-state index in [1.165, 1.54) is 0 Å². The Bertz CT molecular complexity index is 1100. The lowest BCUT2D eigenvalue weighted by atomic mass is 9.96. The van der Waals surface area contributed by atoms with Gasteiger partial charge in [-0.2, -0.15) is 0 Å². The lowest BCUT2D eigenvalue weighted by molar-refractivity contribution is -0.360. The molecule has 9 N–H and O–H groups in total. The zero-order valence-corrected chi connectivity index (χ0v) is 32.8. The van der Waals surface area contributed by atoms with Crippen molar-refractivity contribution in [2.24, 2.45) is 0 Å². The second kappa shape index (κ2) is 27.6. The van der Waals surface area contributed by atoms with E-state index in [0.29, 0.717) is 25.7 Å². The van der Waals surface area contributed by atoms with Crippen molar-refractivity contribution in [3.63, 3.8) is 0 Å². The largest absolute Gasteiger partial charge is 0.479 e. The molecule has 2 heterocycles. The van der Waals surface area contributed by atoms with Crippen LogP contribution in [0.5, 0.6) is 0 Å². The Hall–Kier alpha value is -2.07. The number of carbonyl (C=O) groups is 3. The first-order valence-electron chi connectivity index (χ1n) is 20.2. The fourth-order valence-corrected chi connectivity index (χ4v) is 6.67. The van der Waals surface area contributed by atoms with Gasteiger partial charge in [0.1, 0.15) is 49.3 Å². The van der Waals surface area contributed by atoms with E-state index >= 15 is 0 Å². The third-order valence-electron chi connectivity index (χ3n) is 10.0. The molecule has 0 aromatic rings. The number of rotatable bonds is 29. The topological polar surface area (TPSA) is 289 Å². The van der Waals surface area contributed by atoms with Crippen molar-refractivity contribution in [3.05, 3.63) is 0 Å². The molecule has 2 fully saturated rings. The van der Waals surface area contributed by atoms with Crippen molar-refractivity contribution in [2.45, 2.75) is 203 Å². The quantitative estimate of drug-likeness (QED) is 0.0369. The molecular weight excluding hydrogens is 744 g/mol. The lowest BCUT2D eigenvalue weighted by Crippen LogP contribution is -2.65. The average Bonchev–Trinajstić information content (AvgIpc) is 3.15. The molecule has 18 nitrogen and oxygen atoms in total. The predicted molar refractivity (Wildman–Crippen MR) is 196 cm³/mol. The van der Waals surface area contributed by atoms with E-state index < -0.39 is 117 Å². The van der Waals surface area contributed by atoms with E-state index in [0.717, 1.165) is 77.6 Å². The standard InChI is InChI=1S/C38H68O18/c1-3-4-13-16-24(41)19-29(44)55-35-30(45)27(20-39)53-38(33(35)48)56-34-28(22-51-23(2)40)54-37(32(47)31(34)46)52-21-25(42)17-14-11-9-7-5-6-8-10-12-15-18-26(43)36(49)50/h24-28,30-35,37-39,41-43,45-48H,3-22H2,1-2H3,(H,49,50)/t24-,25-,26-,27+,28+,30+,31+,32+,33+,34+,35-,37+,38-/m0/s1. The van der Waals surface area contributed by atoms with Gasteiger partial charge >= 0.3 is 17.9 Å². The van der Waals surface area contributed by atoms with Gasteiger partial charge in [-0.15, -0.1) is 0 Å². The molecule has 0 spiro atoms. The molecule has 56 heavy (non-hydrogen) atoms. The minimum atomic E-state index is -1.87. The number of carboxylic acid groups (broad SMARTS) is 1. The van der Waals surface area contributed by atoms with Gasteiger partial charge in [0.15, 0.2) is 24.8 Å². The summed E-state index contributed by atoms with van der Waals surface area (Å²) in [6.07, 6.45) is -7.02. The van der Waals surface area contributed by atoms with Crippen LogP contribution in [0.25, 0.3) is 0 Å². The number of carboxylic acids is 1. The molecular formula is C38H68O18. The fourth-order valence-electron chi connectivity index (χ4n) is 6.67. The van der Waals surface area contributed by atoms with Gasteiger partial charge < -0.3 is 74.4 Å². The van der Waals surface area contributed by atoms with E-state index in [1.807, 2.05) is 6.92 Å². The van der Waals surface area contributed by atoms with Crippen LogP contribution >= 0.6 is 0 Å². The zero-order chi connectivity index (χ0) is 41.6. The summed E-state index contributed by atoms with van der Waals surface area (Å²) < 4.78 is 33.2. The zero-order valence-electron chi connectivity index (χ0n) is 32.8. The van der Waals surface area contributed by atoms with Crippen LogP contribution in [0.4, 0.5) is 0 Å². The highest BCUT2D eigenvalue weighted by molar-refractivity contribution is 5.71. The summed E-state index contributed by atoms with van der Waals surface area (Å²) in [5, 5.41) is 92.4. The molecule has 2 aliphatic rings. The molecule has 0 aromatic carbocycles. The van der Waals surface area contributed by atoms with Gasteiger partial charge in [-0.1, -0.05) is 90.4 Å². The van der Waals surface area contributed by atoms with Gasteiger partial charge in [0.05, 0.1) is 31.8 Å². The van der Waals surface area contributed by atoms with Crippen molar-refractivity contribution in [1.82, 2.24) is 0 Å². The van der Waals surface area contributed by atoms with Crippen molar-refractivity contribution < 1.29 is 88.8 Å². The van der Waals surface area contributed by atoms with Crippen molar-refractivity contribution in [2.75, 3.05) is 19.8 Å². The maximum Gasteiger partial charge on any atom is 0.332 e. The highest BCUT2D eigenvalue weighted by atomic mass is 16.7. The molecule has 328 valence electrons. The molecule has 18 heteroatoms. The van der Waals surface area contributed by atoms with Gasteiger partial charge in [0.25, 0.3) is 0 Å². The molecule has 0 aromatic heterocycles. The second-order valence-corrected chi connectivity index (χ2v) is 14.9. The Morgan fingerprint density at radius 1 is 0.661 bits per heavy atom. The summed E-state index contributed by atoms with van der Waals surface area (Å²) in [5.41, 5.74) is 0. The average molecular weight is 813 g/mol. The first kappa shape index (κ1) is 50.1. The van der Waals surface area contributed by atoms with Crippen LogP contribution < -0.4 is 0 Å². The van der Waals surface area contributed by atoms with Gasteiger partial charge in [0.2, 0.25) is 0 Å². The molecule has 0 aliphatic carbocycles. The molecule has 0 radical (unpaired) electrons. The van der Waals surface area contributed by atoms with Gasteiger partial charge in [-0.25, -0.2) is 4.79 Å². The van der Waals surface area contributed by atoms with Gasteiger partial charge in [-0.3, -0.25) is 9.59 Å². The maximum absolute atomic E-state index is 12.6. The third kappa shape index (κ3) is 18.2. The van der Waals surface area contributed by atoms with Crippen LogP contribution in [-0.4, -0.2) is 163 Å². The Labute approximate surface area is 329 Å². The Kier molecular flexibility index (Phi) is 24.7. The van der Waals surface area contributed by atoms with E-state index in [2.05, 4.69) is 0 Å². The Morgan fingerprint density at radius 3 is 1.79 bits per heavy atom. The molecule has 13 atom stereocenters. The third-order valence-corrected chi connectivity index (χ3v) is 10.0. The second-order valence-electron chi connectivity index (χ2n) is 14.9. The van der Waals surface area contributed by atoms with Crippen molar-refractivity contribution >= 4 is 17.9 Å². The molecule has 0 unspecified atom stereocenters. The maximum atomic E-state index is 12.6. The number of hydrogen-bond donors (Lipinski definition) is 9. The van der Waals surface area contributed by atoms with Crippen LogP contribution in [-0.2, 0) is 42.8 Å². The molecule has 2 aliphatic heterocycles. The molecule has 2 rings (SSSR count). The number of unbranched alkanes of at least 4 members (excludes halogenated alkanes) is 11. The summed E-state index contributed by atoms with van der Waals surface area (Å²) in [6, 6.07) is 0. The number of aliphatic carboxylic acids is 1. The summed E-state index contributed by atoms with van der Waals surface area (Å²) in [4.78, 5) is 34.9. The van der Waals surface area contributed by atoms with Crippen molar-refractivity contribution in [3.8, 4) is 0 Å². The van der Waals surface area contributed by atoms with Gasteiger partial charge in [0, 0.05) is 6.92 Å². The molecule has 0 saturated carbocycles. The summed E-state index contributed by atoms with van der Waals surface area (Å²) in [5.74, 6) is -2.81. The SMILES string of the molecule is CCCCC[C@H](O)CC(=O)O[C@@H]1[C@@H](O)[C@H](O[C@H]2[C@H](O)[C@@H](O)[C@H](OC[C@@H](O)CCCCCCCCCCCC[C@H](O)C(=O)O)O[C@@H]2COC(C)=O)O[C@H](CO)[C@H]1O. The molecule has 0 bridgehead atoms.